The quantitative estimate of drug-likeness (QED) is 0.785. The summed E-state index contributed by atoms with van der Waals surface area (Å²) in [6, 6.07) is 10.8. The van der Waals surface area contributed by atoms with Gasteiger partial charge in [-0.15, -0.1) is 5.10 Å². The minimum Gasteiger partial charge on any atom is -0.478 e. The molecule has 104 valence electrons. The number of aromatic nitrogens is 5. The predicted octanol–water partition coefficient (Wildman–Crippen LogP) is 1.73. The van der Waals surface area contributed by atoms with Crippen LogP contribution in [-0.2, 0) is 0 Å². The number of carboxylic acids is 1. The third kappa shape index (κ3) is 2.48. The first-order valence-electron chi connectivity index (χ1n) is 6.20. The van der Waals surface area contributed by atoms with Crippen LogP contribution in [0.5, 0.6) is 0 Å². The van der Waals surface area contributed by atoms with E-state index in [4.69, 9.17) is 5.11 Å². The van der Waals surface area contributed by atoms with E-state index in [-0.39, 0.29) is 5.56 Å². The first kappa shape index (κ1) is 12.9. The maximum atomic E-state index is 11.0. The summed E-state index contributed by atoms with van der Waals surface area (Å²) in [5.41, 5.74) is 3.05. The molecule has 0 bridgehead atoms. The summed E-state index contributed by atoms with van der Waals surface area (Å²) in [6.07, 6.45) is 1.51. The minimum atomic E-state index is -0.978. The standard InChI is InChI=1S/C14H11N5O2/c1-9-12(14(20)21)5-6-13(16-9)10-3-2-4-11(7-10)19-8-15-17-18-19/h2-8H,1H3,(H,20,21). The first-order valence-corrected chi connectivity index (χ1v) is 6.20. The van der Waals surface area contributed by atoms with E-state index in [1.807, 2.05) is 24.3 Å². The second kappa shape index (κ2) is 5.12. The lowest BCUT2D eigenvalue weighted by Gasteiger charge is -2.06. The van der Waals surface area contributed by atoms with Crippen LogP contribution in [0.15, 0.2) is 42.7 Å². The first-order chi connectivity index (χ1) is 10.1. The van der Waals surface area contributed by atoms with Gasteiger partial charge in [0, 0.05) is 5.56 Å². The summed E-state index contributed by atoms with van der Waals surface area (Å²) in [6.45, 7) is 1.68. The highest BCUT2D eigenvalue weighted by Gasteiger charge is 2.10. The number of hydrogen-bond acceptors (Lipinski definition) is 5. The summed E-state index contributed by atoms with van der Waals surface area (Å²) in [5, 5.41) is 20.1. The van der Waals surface area contributed by atoms with Gasteiger partial charge in [0.1, 0.15) is 6.33 Å². The lowest BCUT2D eigenvalue weighted by molar-refractivity contribution is 0.0695. The van der Waals surface area contributed by atoms with Gasteiger partial charge in [-0.3, -0.25) is 4.98 Å². The van der Waals surface area contributed by atoms with Crippen LogP contribution in [0.3, 0.4) is 0 Å². The molecule has 3 rings (SSSR count). The third-order valence-electron chi connectivity index (χ3n) is 3.07. The summed E-state index contributed by atoms with van der Waals surface area (Å²) in [5.74, 6) is -0.978. The van der Waals surface area contributed by atoms with E-state index in [1.54, 1.807) is 23.7 Å². The lowest BCUT2D eigenvalue weighted by Crippen LogP contribution is -2.02. The molecule has 0 aliphatic rings. The van der Waals surface area contributed by atoms with Crippen molar-refractivity contribution in [3.05, 3.63) is 54.0 Å². The number of benzene rings is 1. The number of carboxylic acid groups (broad SMARTS) is 1. The maximum Gasteiger partial charge on any atom is 0.337 e. The van der Waals surface area contributed by atoms with Gasteiger partial charge in [0.05, 0.1) is 22.6 Å². The molecule has 0 atom stereocenters. The number of carbonyl (C=O) groups is 1. The van der Waals surface area contributed by atoms with E-state index in [0.29, 0.717) is 11.4 Å². The Bertz CT molecular complexity index is 799. The molecular formula is C14H11N5O2. The van der Waals surface area contributed by atoms with Crippen molar-refractivity contribution >= 4 is 5.97 Å². The molecule has 0 aliphatic carbocycles. The number of pyridine rings is 1. The molecule has 0 unspecified atom stereocenters. The maximum absolute atomic E-state index is 11.0. The van der Waals surface area contributed by atoms with Crippen LogP contribution in [-0.4, -0.2) is 36.3 Å². The zero-order chi connectivity index (χ0) is 14.8. The van der Waals surface area contributed by atoms with Gasteiger partial charge in [-0.25, -0.2) is 9.48 Å². The smallest absolute Gasteiger partial charge is 0.337 e. The van der Waals surface area contributed by atoms with Crippen molar-refractivity contribution in [2.75, 3.05) is 0 Å². The molecule has 0 aliphatic heterocycles. The number of aryl methyl sites for hydroxylation is 1. The van der Waals surface area contributed by atoms with Gasteiger partial charge in [0.15, 0.2) is 0 Å². The Kier molecular flexibility index (Phi) is 3.15. The van der Waals surface area contributed by atoms with Crippen LogP contribution in [0.2, 0.25) is 0 Å². The molecule has 7 nitrogen and oxygen atoms in total. The zero-order valence-electron chi connectivity index (χ0n) is 11.1. The van der Waals surface area contributed by atoms with Crippen molar-refractivity contribution in [3.63, 3.8) is 0 Å². The summed E-state index contributed by atoms with van der Waals surface area (Å²) in [4.78, 5) is 15.4. The lowest BCUT2D eigenvalue weighted by atomic mass is 10.1. The highest BCUT2D eigenvalue weighted by Crippen LogP contribution is 2.21. The Morgan fingerprint density at radius 2 is 2.10 bits per heavy atom. The van der Waals surface area contributed by atoms with Crippen LogP contribution in [0, 0.1) is 6.92 Å². The molecule has 0 spiro atoms. The normalized spacial score (nSPS) is 10.5. The SMILES string of the molecule is Cc1nc(-c2cccc(-n3cnnn3)c2)ccc1C(=O)O. The van der Waals surface area contributed by atoms with Gasteiger partial charge in [0.25, 0.3) is 0 Å². The largest absolute Gasteiger partial charge is 0.478 e. The van der Waals surface area contributed by atoms with Crippen molar-refractivity contribution in [1.29, 1.82) is 0 Å². The number of rotatable bonds is 3. The molecule has 0 radical (unpaired) electrons. The fraction of sp³-hybridized carbons (Fsp3) is 0.0714. The molecule has 7 heteroatoms. The van der Waals surface area contributed by atoms with Gasteiger partial charge in [-0.2, -0.15) is 0 Å². The Morgan fingerprint density at radius 1 is 1.24 bits per heavy atom. The monoisotopic (exact) mass is 281 g/mol. The summed E-state index contributed by atoms with van der Waals surface area (Å²) in [7, 11) is 0. The number of nitrogens with zero attached hydrogens (tertiary/aromatic N) is 5. The van der Waals surface area contributed by atoms with E-state index in [0.717, 1.165) is 11.3 Å². The molecule has 21 heavy (non-hydrogen) atoms. The van der Waals surface area contributed by atoms with E-state index >= 15 is 0 Å². The minimum absolute atomic E-state index is 0.204. The topological polar surface area (TPSA) is 93.8 Å². The van der Waals surface area contributed by atoms with Crippen molar-refractivity contribution < 1.29 is 9.90 Å². The molecular weight excluding hydrogens is 270 g/mol. The molecule has 0 saturated carbocycles. The summed E-state index contributed by atoms with van der Waals surface area (Å²) >= 11 is 0. The van der Waals surface area contributed by atoms with E-state index in [9.17, 15) is 4.79 Å². The predicted molar refractivity (Wildman–Crippen MR) is 74.1 cm³/mol. The number of aromatic carboxylic acids is 1. The molecule has 1 aromatic carbocycles. The highest BCUT2D eigenvalue weighted by molar-refractivity contribution is 5.89. The van der Waals surface area contributed by atoms with Crippen LogP contribution in [0.4, 0.5) is 0 Å². The fourth-order valence-corrected chi connectivity index (χ4v) is 2.04. The van der Waals surface area contributed by atoms with E-state index < -0.39 is 5.97 Å². The van der Waals surface area contributed by atoms with Crippen molar-refractivity contribution in [2.24, 2.45) is 0 Å². The van der Waals surface area contributed by atoms with Crippen LogP contribution >= 0.6 is 0 Å². The van der Waals surface area contributed by atoms with E-state index in [1.165, 1.54) is 6.33 Å². The van der Waals surface area contributed by atoms with Gasteiger partial charge in [-0.05, 0) is 41.6 Å². The van der Waals surface area contributed by atoms with E-state index in [2.05, 4.69) is 20.5 Å². The van der Waals surface area contributed by atoms with Gasteiger partial charge < -0.3 is 5.11 Å². The molecule has 2 aromatic heterocycles. The molecule has 0 fully saturated rings. The van der Waals surface area contributed by atoms with Gasteiger partial charge in [-0.1, -0.05) is 12.1 Å². The molecule has 2 heterocycles. The second-order valence-corrected chi connectivity index (χ2v) is 4.44. The Hall–Kier alpha value is -3.09. The summed E-state index contributed by atoms with van der Waals surface area (Å²) < 4.78 is 1.54. The van der Waals surface area contributed by atoms with Crippen molar-refractivity contribution in [1.82, 2.24) is 25.2 Å². The molecule has 1 N–H and O–H groups in total. The average molecular weight is 281 g/mol. The average Bonchev–Trinajstić information content (AvgIpc) is 3.01. The fourth-order valence-electron chi connectivity index (χ4n) is 2.04. The number of hydrogen-bond donors (Lipinski definition) is 1. The Balaban J connectivity index is 2.03. The Labute approximate surface area is 119 Å². The van der Waals surface area contributed by atoms with Gasteiger partial charge >= 0.3 is 5.97 Å². The zero-order valence-corrected chi connectivity index (χ0v) is 11.1. The molecule has 0 saturated heterocycles. The van der Waals surface area contributed by atoms with Crippen molar-refractivity contribution in [2.45, 2.75) is 6.92 Å². The van der Waals surface area contributed by atoms with Crippen LogP contribution in [0.1, 0.15) is 16.1 Å². The van der Waals surface area contributed by atoms with Crippen LogP contribution in [0.25, 0.3) is 16.9 Å². The van der Waals surface area contributed by atoms with Gasteiger partial charge in [0.2, 0.25) is 0 Å². The highest BCUT2D eigenvalue weighted by atomic mass is 16.4. The molecule has 0 amide bonds. The molecule has 3 aromatic rings. The second-order valence-electron chi connectivity index (χ2n) is 4.44. The van der Waals surface area contributed by atoms with Crippen molar-refractivity contribution in [3.8, 4) is 16.9 Å². The Morgan fingerprint density at radius 3 is 2.76 bits per heavy atom. The third-order valence-corrected chi connectivity index (χ3v) is 3.07. The number of tetrazole rings is 1. The van der Waals surface area contributed by atoms with Crippen LogP contribution < -0.4 is 0 Å².